The Morgan fingerprint density at radius 3 is 2.89 bits per heavy atom. The molecule has 4 heteroatoms. The van der Waals surface area contributed by atoms with Crippen molar-refractivity contribution in [1.82, 2.24) is 0 Å². The molecule has 1 atom stereocenters. The summed E-state index contributed by atoms with van der Waals surface area (Å²) in [4.78, 5) is 0. The number of fused-ring (bicyclic) bond motifs is 1. The Morgan fingerprint density at radius 2 is 2.17 bits per heavy atom. The Balaban J connectivity index is 1.94. The first kappa shape index (κ1) is 12.2. The van der Waals surface area contributed by atoms with Crippen LogP contribution in [0.4, 0.5) is 0 Å². The van der Waals surface area contributed by atoms with Crippen molar-refractivity contribution in [2.24, 2.45) is 0 Å². The third kappa shape index (κ3) is 2.08. The van der Waals surface area contributed by atoms with Crippen LogP contribution in [0.25, 0.3) is 0 Å². The van der Waals surface area contributed by atoms with Gasteiger partial charge < -0.3 is 14.6 Å². The highest BCUT2D eigenvalue weighted by Crippen LogP contribution is 2.46. The number of rotatable bonds is 1. The number of ether oxygens (including phenoxy) is 2. The molecule has 3 nitrogen and oxygen atoms in total. The Hall–Kier alpha value is -0.870. The van der Waals surface area contributed by atoms with Crippen LogP contribution in [-0.2, 0) is 0 Å². The van der Waals surface area contributed by atoms with Gasteiger partial charge in [0.25, 0.3) is 0 Å². The molecule has 3 rings (SSSR count). The maximum atomic E-state index is 10.3. The van der Waals surface area contributed by atoms with Crippen molar-refractivity contribution in [3.63, 3.8) is 0 Å². The van der Waals surface area contributed by atoms with Crippen molar-refractivity contribution in [2.75, 3.05) is 18.6 Å². The van der Waals surface area contributed by atoms with Crippen molar-refractivity contribution < 1.29 is 14.6 Å². The molecule has 98 valence electrons. The van der Waals surface area contributed by atoms with Crippen LogP contribution in [0.2, 0.25) is 0 Å². The average molecular weight is 266 g/mol. The van der Waals surface area contributed by atoms with E-state index in [9.17, 15) is 5.11 Å². The number of hydrogen-bond acceptors (Lipinski definition) is 4. The van der Waals surface area contributed by atoms with Crippen LogP contribution in [0, 0.1) is 0 Å². The van der Waals surface area contributed by atoms with Crippen LogP contribution in [0.1, 0.15) is 30.9 Å². The van der Waals surface area contributed by atoms with Gasteiger partial charge in [-0.3, -0.25) is 0 Å². The first-order chi connectivity index (χ1) is 8.72. The highest BCUT2D eigenvalue weighted by atomic mass is 32.2. The number of thioether (sulfide) groups is 1. The molecule has 1 saturated heterocycles. The molecule has 2 heterocycles. The second kappa shape index (κ2) is 4.67. The molecule has 1 N–H and O–H groups in total. The zero-order valence-electron chi connectivity index (χ0n) is 10.5. The smallest absolute Gasteiger partial charge is 0.129 e. The molecule has 1 unspecified atom stereocenters. The fourth-order valence-corrected chi connectivity index (χ4v) is 4.03. The summed E-state index contributed by atoms with van der Waals surface area (Å²) in [5.74, 6) is 3.81. The Kier molecular flexibility index (Phi) is 3.16. The van der Waals surface area contributed by atoms with Gasteiger partial charge in [-0.25, -0.2) is 0 Å². The van der Waals surface area contributed by atoms with E-state index in [1.54, 1.807) is 7.11 Å². The van der Waals surface area contributed by atoms with E-state index in [1.165, 1.54) is 0 Å². The number of methoxy groups -OCH3 is 1. The summed E-state index contributed by atoms with van der Waals surface area (Å²) in [6.07, 6.45) is 2.34. The molecule has 0 amide bonds. The minimum atomic E-state index is -0.414. The quantitative estimate of drug-likeness (QED) is 0.848. The van der Waals surface area contributed by atoms with Crippen molar-refractivity contribution >= 4 is 11.8 Å². The van der Waals surface area contributed by atoms with Gasteiger partial charge in [-0.15, -0.1) is 0 Å². The van der Waals surface area contributed by atoms with Crippen LogP contribution < -0.4 is 9.47 Å². The zero-order chi connectivity index (χ0) is 12.6. The van der Waals surface area contributed by atoms with Crippen molar-refractivity contribution in [1.29, 1.82) is 0 Å². The standard InChI is InChI=1S/C14H18O3S/c1-16-10-2-3-11-12(15)9-14(17-13(11)8-10)4-6-18-7-5-14/h2-3,8,12,15H,4-7,9H2,1H3. The molecule has 0 bridgehead atoms. The Morgan fingerprint density at radius 1 is 1.39 bits per heavy atom. The lowest BCUT2D eigenvalue weighted by atomic mass is 9.84. The minimum absolute atomic E-state index is 0.163. The Labute approximate surface area is 111 Å². The number of hydrogen-bond donors (Lipinski definition) is 1. The molecular formula is C14H18O3S. The highest BCUT2D eigenvalue weighted by molar-refractivity contribution is 7.99. The normalized spacial score (nSPS) is 25.3. The van der Waals surface area contributed by atoms with E-state index in [1.807, 2.05) is 30.0 Å². The van der Waals surface area contributed by atoms with Gasteiger partial charge >= 0.3 is 0 Å². The molecule has 1 aromatic carbocycles. The van der Waals surface area contributed by atoms with Gasteiger partial charge in [0.1, 0.15) is 17.1 Å². The molecule has 0 aliphatic carbocycles. The molecule has 2 aliphatic heterocycles. The van der Waals surface area contributed by atoms with E-state index in [4.69, 9.17) is 9.47 Å². The molecule has 18 heavy (non-hydrogen) atoms. The summed E-state index contributed by atoms with van der Waals surface area (Å²) in [6, 6.07) is 5.67. The fraction of sp³-hybridized carbons (Fsp3) is 0.571. The molecule has 0 aromatic heterocycles. The summed E-state index contributed by atoms with van der Waals surface area (Å²) in [6.45, 7) is 0. The monoisotopic (exact) mass is 266 g/mol. The van der Waals surface area contributed by atoms with Crippen LogP contribution in [0.15, 0.2) is 18.2 Å². The summed E-state index contributed by atoms with van der Waals surface area (Å²) >= 11 is 1.97. The topological polar surface area (TPSA) is 38.7 Å². The molecule has 1 aromatic rings. The second-order valence-corrected chi connectivity index (χ2v) is 6.25. The largest absolute Gasteiger partial charge is 0.497 e. The molecule has 0 saturated carbocycles. The molecule has 2 aliphatic rings. The lowest BCUT2D eigenvalue weighted by Gasteiger charge is -2.43. The molecule has 0 radical (unpaired) electrons. The van der Waals surface area contributed by atoms with Gasteiger partial charge in [0.2, 0.25) is 0 Å². The first-order valence-electron chi connectivity index (χ1n) is 6.35. The van der Waals surface area contributed by atoms with Gasteiger partial charge in [0.05, 0.1) is 13.2 Å². The summed E-state index contributed by atoms with van der Waals surface area (Å²) < 4.78 is 11.4. The lowest BCUT2D eigenvalue weighted by Crippen LogP contribution is -2.44. The van der Waals surface area contributed by atoms with E-state index in [-0.39, 0.29) is 5.60 Å². The van der Waals surface area contributed by atoms with Crippen LogP contribution in [0.5, 0.6) is 11.5 Å². The summed E-state index contributed by atoms with van der Waals surface area (Å²) in [7, 11) is 1.65. The summed E-state index contributed by atoms with van der Waals surface area (Å²) in [5.41, 5.74) is 0.726. The zero-order valence-corrected chi connectivity index (χ0v) is 11.3. The average Bonchev–Trinajstić information content (AvgIpc) is 2.38. The van der Waals surface area contributed by atoms with Gasteiger partial charge in [0.15, 0.2) is 0 Å². The van der Waals surface area contributed by atoms with Gasteiger partial charge in [-0.1, -0.05) is 0 Å². The first-order valence-corrected chi connectivity index (χ1v) is 7.51. The number of aliphatic hydroxyl groups excluding tert-OH is 1. The maximum absolute atomic E-state index is 10.3. The summed E-state index contributed by atoms with van der Waals surface area (Å²) in [5, 5.41) is 10.3. The number of benzene rings is 1. The fourth-order valence-electron chi connectivity index (χ4n) is 2.79. The molecular weight excluding hydrogens is 248 g/mol. The van der Waals surface area contributed by atoms with Crippen LogP contribution >= 0.6 is 11.8 Å². The van der Waals surface area contributed by atoms with E-state index in [0.29, 0.717) is 6.42 Å². The lowest BCUT2D eigenvalue weighted by molar-refractivity contribution is -0.0199. The van der Waals surface area contributed by atoms with E-state index in [0.717, 1.165) is 41.4 Å². The molecule has 1 spiro atoms. The Bertz CT molecular complexity index is 441. The third-order valence-corrected chi connectivity index (χ3v) is 4.86. The predicted molar refractivity (Wildman–Crippen MR) is 72.5 cm³/mol. The van der Waals surface area contributed by atoms with Gasteiger partial charge in [-0.05, 0) is 36.5 Å². The van der Waals surface area contributed by atoms with E-state index in [2.05, 4.69) is 0 Å². The van der Waals surface area contributed by atoms with E-state index < -0.39 is 6.10 Å². The van der Waals surface area contributed by atoms with Gasteiger partial charge in [0, 0.05) is 18.1 Å². The van der Waals surface area contributed by atoms with Crippen LogP contribution in [-0.4, -0.2) is 29.3 Å². The number of aliphatic hydroxyl groups is 1. The third-order valence-electron chi connectivity index (χ3n) is 3.88. The van der Waals surface area contributed by atoms with Crippen LogP contribution in [0.3, 0.4) is 0 Å². The van der Waals surface area contributed by atoms with Gasteiger partial charge in [-0.2, -0.15) is 11.8 Å². The minimum Gasteiger partial charge on any atom is -0.497 e. The second-order valence-electron chi connectivity index (χ2n) is 5.02. The van der Waals surface area contributed by atoms with Crippen molar-refractivity contribution in [3.05, 3.63) is 23.8 Å². The van der Waals surface area contributed by atoms with E-state index >= 15 is 0 Å². The maximum Gasteiger partial charge on any atom is 0.129 e. The molecule has 1 fully saturated rings. The highest BCUT2D eigenvalue weighted by Gasteiger charge is 2.41. The van der Waals surface area contributed by atoms with Crippen molar-refractivity contribution in [2.45, 2.75) is 31.0 Å². The SMILES string of the molecule is COc1ccc2c(c1)OC1(CCSCC1)CC2O. The van der Waals surface area contributed by atoms with Crippen molar-refractivity contribution in [3.8, 4) is 11.5 Å². The predicted octanol–water partition coefficient (Wildman–Crippen LogP) is 2.78.